The van der Waals surface area contributed by atoms with Crippen LogP contribution in [-0.2, 0) is 6.54 Å². The van der Waals surface area contributed by atoms with Gasteiger partial charge in [-0.25, -0.2) is 9.97 Å². The Labute approximate surface area is 185 Å². The molecule has 0 aromatic carbocycles. The summed E-state index contributed by atoms with van der Waals surface area (Å²) in [6, 6.07) is 9.90. The molecule has 1 amide bonds. The second kappa shape index (κ2) is 7.64. The number of anilines is 3. The van der Waals surface area contributed by atoms with Crippen LogP contribution in [0.4, 0.5) is 17.2 Å². The van der Waals surface area contributed by atoms with Crippen molar-refractivity contribution in [2.75, 3.05) is 23.3 Å². The van der Waals surface area contributed by atoms with Crippen molar-refractivity contribution in [1.29, 1.82) is 0 Å². The SMILES string of the molecule is O=C1NCc2c(-c3cnc4ccccn34)ncc(Nc3ccc(N4CCCCC4)cn3)c21. The van der Waals surface area contributed by atoms with Crippen LogP contribution in [0.15, 0.2) is 55.1 Å². The summed E-state index contributed by atoms with van der Waals surface area (Å²) < 4.78 is 1.99. The van der Waals surface area contributed by atoms with Crippen LogP contribution < -0.4 is 15.5 Å². The summed E-state index contributed by atoms with van der Waals surface area (Å²) in [7, 11) is 0. The number of pyridine rings is 3. The molecule has 8 heteroatoms. The van der Waals surface area contributed by atoms with Gasteiger partial charge in [-0.05, 0) is 43.5 Å². The Bertz CT molecular complexity index is 1310. The first-order valence-electron chi connectivity index (χ1n) is 11.0. The van der Waals surface area contributed by atoms with Crippen LogP contribution >= 0.6 is 0 Å². The van der Waals surface area contributed by atoms with E-state index in [1.165, 1.54) is 19.3 Å². The van der Waals surface area contributed by atoms with Gasteiger partial charge in [0.2, 0.25) is 0 Å². The van der Waals surface area contributed by atoms with Gasteiger partial charge in [0.25, 0.3) is 5.91 Å². The highest BCUT2D eigenvalue weighted by atomic mass is 16.1. The maximum atomic E-state index is 12.7. The smallest absolute Gasteiger partial charge is 0.254 e. The van der Waals surface area contributed by atoms with Gasteiger partial charge in [0.15, 0.2) is 0 Å². The minimum absolute atomic E-state index is 0.107. The number of nitrogens with one attached hydrogen (secondary N) is 2. The minimum Gasteiger partial charge on any atom is -0.370 e. The molecule has 0 unspecified atom stereocenters. The second-order valence-corrected chi connectivity index (χ2v) is 8.20. The topological polar surface area (TPSA) is 87.5 Å². The average Bonchev–Trinajstić information content (AvgIpc) is 3.45. The predicted octanol–water partition coefficient (Wildman–Crippen LogP) is 3.77. The zero-order chi connectivity index (χ0) is 21.5. The third kappa shape index (κ3) is 3.15. The fourth-order valence-electron chi connectivity index (χ4n) is 4.60. The summed E-state index contributed by atoms with van der Waals surface area (Å²) in [5.41, 5.74) is 5.75. The van der Waals surface area contributed by atoms with E-state index >= 15 is 0 Å². The molecule has 0 atom stereocenters. The Kier molecular flexibility index (Phi) is 4.49. The summed E-state index contributed by atoms with van der Waals surface area (Å²) >= 11 is 0. The molecule has 6 rings (SSSR count). The van der Waals surface area contributed by atoms with Crippen molar-refractivity contribution >= 4 is 28.7 Å². The monoisotopic (exact) mass is 425 g/mol. The molecule has 2 N–H and O–H groups in total. The number of nitrogens with zero attached hydrogens (tertiary/aromatic N) is 5. The molecule has 1 fully saturated rings. The van der Waals surface area contributed by atoms with Crippen molar-refractivity contribution in [3.8, 4) is 11.4 Å². The first-order valence-corrected chi connectivity index (χ1v) is 11.0. The molecule has 0 radical (unpaired) electrons. The van der Waals surface area contributed by atoms with E-state index in [0.717, 1.165) is 41.4 Å². The number of amides is 1. The van der Waals surface area contributed by atoms with Gasteiger partial charge in [0.1, 0.15) is 11.5 Å². The largest absolute Gasteiger partial charge is 0.370 e. The van der Waals surface area contributed by atoms with Gasteiger partial charge in [-0.1, -0.05) is 6.07 Å². The summed E-state index contributed by atoms with van der Waals surface area (Å²) in [5, 5.41) is 6.24. The molecule has 4 aromatic rings. The zero-order valence-corrected chi connectivity index (χ0v) is 17.6. The maximum absolute atomic E-state index is 12.7. The number of imidazole rings is 1. The molecule has 32 heavy (non-hydrogen) atoms. The highest BCUT2D eigenvalue weighted by molar-refractivity contribution is 6.05. The van der Waals surface area contributed by atoms with Crippen LogP contribution in [0.1, 0.15) is 35.2 Å². The summed E-state index contributed by atoms with van der Waals surface area (Å²) in [6.45, 7) is 2.60. The standard InChI is InChI=1S/C24H23N7O/c32-24-22-17(13-28-24)23(19-15-26-21-6-2-5-11-31(19)21)27-14-18(22)29-20-8-7-16(12-25-20)30-9-3-1-4-10-30/h2,5-8,11-12,14-15H,1,3-4,9-10,13H2,(H,25,29)(H,28,32). The van der Waals surface area contributed by atoms with Gasteiger partial charge in [-0.2, -0.15) is 0 Å². The predicted molar refractivity (Wildman–Crippen MR) is 123 cm³/mol. The molecule has 0 bridgehead atoms. The third-order valence-electron chi connectivity index (χ3n) is 6.22. The maximum Gasteiger partial charge on any atom is 0.254 e. The molecular formula is C24H23N7O. The van der Waals surface area contributed by atoms with Crippen LogP contribution in [0.3, 0.4) is 0 Å². The Morgan fingerprint density at radius 1 is 0.938 bits per heavy atom. The molecule has 160 valence electrons. The number of aromatic nitrogens is 4. The number of carbonyl (C=O) groups excluding carboxylic acids is 1. The Balaban J connectivity index is 1.33. The summed E-state index contributed by atoms with van der Waals surface area (Å²) in [5.74, 6) is 0.585. The lowest BCUT2D eigenvalue weighted by atomic mass is 10.1. The Hall–Kier alpha value is -3.94. The third-order valence-corrected chi connectivity index (χ3v) is 6.22. The van der Waals surface area contributed by atoms with E-state index in [1.807, 2.05) is 41.1 Å². The van der Waals surface area contributed by atoms with Crippen LogP contribution in [-0.4, -0.2) is 38.3 Å². The molecule has 6 heterocycles. The van der Waals surface area contributed by atoms with Gasteiger partial charge in [0, 0.05) is 31.4 Å². The quantitative estimate of drug-likeness (QED) is 0.518. The number of carbonyl (C=O) groups is 1. The average molecular weight is 425 g/mol. The van der Waals surface area contributed by atoms with Crippen molar-refractivity contribution in [2.45, 2.75) is 25.8 Å². The van der Waals surface area contributed by atoms with E-state index in [0.29, 0.717) is 23.6 Å². The van der Waals surface area contributed by atoms with E-state index < -0.39 is 0 Å². The Morgan fingerprint density at radius 3 is 2.69 bits per heavy atom. The van der Waals surface area contributed by atoms with E-state index in [4.69, 9.17) is 4.98 Å². The minimum atomic E-state index is -0.107. The highest BCUT2D eigenvalue weighted by Gasteiger charge is 2.28. The number of fused-ring (bicyclic) bond motifs is 2. The van der Waals surface area contributed by atoms with E-state index in [-0.39, 0.29) is 5.91 Å². The van der Waals surface area contributed by atoms with Gasteiger partial charge < -0.3 is 15.5 Å². The second-order valence-electron chi connectivity index (χ2n) is 8.20. The molecule has 2 aliphatic rings. The van der Waals surface area contributed by atoms with Gasteiger partial charge in [0.05, 0.1) is 46.9 Å². The van der Waals surface area contributed by atoms with Crippen LogP contribution in [0.2, 0.25) is 0 Å². The molecule has 2 aliphatic heterocycles. The lowest BCUT2D eigenvalue weighted by Gasteiger charge is -2.28. The van der Waals surface area contributed by atoms with Crippen LogP contribution in [0.5, 0.6) is 0 Å². The molecule has 1 saturated heterocycles. The molecule has 0 aliphatic carbocycles. The number of rotatable bonds is 4. The molecule has 0 saturated carbocycles. The summed E-state index contributed by atoms with van der Waals surface area (Å²) in [4.78, 5) is 28.8. The fraction of sp³-hybridized carbons (Fsp3) is 0.250. The lowest BCUT2D eigenvalue weighted by Crippen LogP contribution is -2.29. The Morgan fingerprint density at radius 2 is 1.84 bits per heavy atom. The van der Waals surface area contributed by atoms with E-state index in [1.54, 1.807) is 12.4 Å². The van der Waals surface area contributed by atoms with Crippen molar-refractivity contribution in [2.24, 2.45) is 0 Å². The molecule has 0 spiro atoms. The lowest BCUT2D eigenvalue weighted by molar-refractivity contribution is 0.0966. The van der Waals surface area contributed by atoms with Crippen LogP contribution in [0, 0.1) is 0 Å². The van der Waals surface area contributed by atoms with Crippen molar-refractivity contribution in [3.63, 3.8) is 0 Å². The first-order chi connectivity index (χ1) is 15.8. The number of hydrogen-bond acceptors (Lipinski definition) is 6. The van der Waals surface area contributed by atoms with Gasteiger partial charge in [-0.3, -0.25) is 14.2 Å². The van der Waals surface area contributed by atoms with E-state index in [2.05, 4.69) is 31.6 Å². The van der Waals surface area contributed by atoms with Crippen molar-refractivity contribution in [3.05, 3.63) is 66.2 Å². The van der Waals surface area contributed by atoms with Crippen molar-refractivity contribution < 1.29 is 4.79 Å². The summed E-state index contributed by atoms with van der Waals surface area (Å²) in [6.07, 6.45) is 11.1. The van der Waals surface area contributed by atoms with E-state index in [9.17, 15) is 4.79 Å². The highest BCUT2D eigenvalue weighted by Crippen LogP contribution is 2.33. The van der Waals surface area contributed by atoms with Gasteiger partial charge >= 0.3 is 0 Å². The first kappa shape index (κ1) is 18.8. The van der Waals surface area contributed by atoms with Crippen molar-refractivity contribution in [1.82, 2.24) is 24.7 Å². The van der Waals surface area contributed by atoms with Crippen LogP contribution in [0.25, 0.3) is 17.0 Å². The number of hydrogen-bond donors (Lipinski definition) is 2. The number of piperidine rings is 1. The zero-order valence-electron chi connectivity index (χ0n) is 17.6. The molecular weight excluding hydrogens is 402 g/mol. The molecule has 8 nitrogen and oxygen atoms in total. The molecule has 4 aromatic heterocycles. The fourth-order valence-corrected chi connectivity index (χ4v) is 4.60. The van der Waals surface area contributed by atoms with Gasteiger partial charge in [-0.15, -0.1) is 0 Å². The normalized spacial score (nSPS) is 15.6.